The van der Waals surface area contributed by atoms with Gasteiger partial charge < -0.3 is 14.2 Å². The van der Waals surface area contributed by atoms with Crippen LogP contribution in [0.3, 0.4) is 0 Å². The van der Waals surface area contributed by atoms with Crippen molar-refractivity contribution in [3.63, 3.8) is 0 Å². The molecular formula is C66H132Br2O3. The summed E-state index contributed by atoms with van der Waals surface area (Å²) >= 11 is 7.23. The Labute approximate surface area is 466 Å². The van der Waals surface area contributed by atoms with E-state index in [4.69, 9.17) is 14.2 Å². The van der Waals surface area contributed by atoms with Crippen LogP contribution < -0.4 is 0 Å². The molecule has 0 N–H and O–H groups in total. The minimum Gasteiger partial charge on any atom is -0.353 e. The van der Waals surface area contributed by atoms with Crippen LogP contribution in [0.4, 0.5) is 0 Å². The molecule has 5 heteroatoms. The molecule has 0 aliphatic rings. The lowest BCUT2D eigenvalue weighted by Crippen LogP contribution is -2.28. The number of hydrogen-bond donors (Lipinski definition) is 0. The Morgan fingerprint density at radius 1 is 0.254 bits per heavy atom. The van der Waals surface area contributed by atoms with Crippen LogP contribution >= 0.6 is 31.9 Å². The number of ether oxygens (including phenoxy) is 3. The van der Waals surface area contributed by atoms with E-state index >= 15 is 0 Å². The third-order valence-electron chi connectivity index (χ3n) is 16.5. The highest BCUT2D eigenvalue weighted by Crippen LogP contribution is 2.33. The molecular weight excluding hydrogens is 1000 g/mol. The smallest absolute Gasteiger partial charge is 0.160 e. The first-order valence-electron chi connectivity index (χ1n) is 31.8. The summed E-state index contributed by atoms with van der Waals surface area (Å²) < 4.78 is 20.1. The summed E-state index contributed by atoms with van der Waals surface area (Å²) in [6.07, 6.45) is 38.1. The van der Waals surface area contributed by atoms with Gasteiger partial charge in [0.1, 0.15) is 0 Å². The van der Waals surface area contributed by atoms with Crippen molar-refractivity contribution in [1.82, 2.24) is 0 Å². The summed E-state index contributed by atoms with van der Waals surface area (Å²) in [6, 6.07) is 0. The maximum atomic E-state index is 6.88. The molecule has 0 spiro atoms. The lowest BCUT2D eigenvalue weighted by atomic mass is 9.80. The predicted molar refractivity (Wildman–Crippen MR) is 326 cm³/mol. The number of hydrogen-bond acceptors (Lipinski definition) is 3. The molecule has 428 valence electrons. The van der Waals surface area contributed by atoms with E-state index in [1.54, 1.807) is 0 Å². The highest BCUT2D eigenvalue weighted by Gasteiger charge is 2.23. The molecule has 0 aliphatic heterocycles. The van der Waals surface area contributed by atoms with Gasteiger partial charge in [-0.2, -0.15) is 0 Å². The van der Waals surface area contributed by atoms with Gasteiger partial charge >= 0.3 is 0 Å². The van der Waals surface area contributed by atoms with Crippen molar-refractivity contribution in [2.45, 2.75) is 316 Å². The Balaban J connectivity index is 5.12. The summed E-state index contributed by atoms with van der Waals surface area (Å²) in [6.45, 7) is 41.3. The maximum Gasteiger partial charge on any atom is 0.160 e. The van der Waals surface area contributed by atoms with Crippen LogP contribution in [0.1, 0.15) is 303 Å². The van der Waals surface area contributed by atoms with Gasteiger partial charge in [0.15, 0.2) is 12.6 Å². The molecule has 0 rings (SSSR count). The predicted octanol–water partition coefficient (Wildman–Crippen LogP) is 23.1. The molecule has 71 heavy (non-hydrogen) atoms. The summed E-state index contributed by atoms with van der Waals surface area (Å²) in [5.41, 5.74) is 0. The summed E-state index contributed by atoms with van der Waals surface area (Å²) in [7, 11) is 0. The second-order valence-corrected chi connectivity index (χ2v) is 28.3. The third kappa shape index (κ3) is 44.5. The first-order chi connectivity index (χ1) is 33.8. The van der Waals surface area contributed by atoms with E-state index in [9.17, 15) is 0 Å². The van der Waals surface area contributed by atoms with Gasteiger partial charge in [-0.15, -0.1) is 0 Å². The quantitative estimate of drug-likeness (QED) is 0.0345. The Morgan fingerprint density at radius 2 is 0.479 bits per heavy atom. The van der Waals surface area contributed by atoms with Crippen LogP contribution in [0.2, 0.25) is 0 Å². The zero-order valence-electron chi connectivity index (χ0n) is 51.3. The van der Waals surface area contributed by atoms with E-state index < -0.39 is 0 Å². The molecule has 0 aromatic rings. The average molecular weight is 1130 g/mol. The van der Waals surface area contributed by atoms with E-state index in [2.05, 4.69) is 143 Å². The van der Waals surface area contributed by atoms with Crippen molar-refractivity contribution in [2.24, 2.45) is 82.9 Å². The Morgan fingerprint density at radius 3 is 0.704 bits per heavy atom. The fraction of sp³-hybridized carbons (Fsp3) is 1.00. The van der Waals surface area contributed by atoms with Gasteiger partial charge in [-0.05, 0) is 224 Å². The van der Waals surface area contributed by atoms with E-state index in [0.29, 0.717) is 0 Å². The second kappa shape index (κ2) is 46.9. The van der Waals surface area contributed by atoms with Gasteiger partial charge in [-0.1, -0.05) is 194 Å². The van der Waals surface area contributed by atoms with Gasteiger partial charge in [0.25, 0.3) is 0 Å². The van der Waals surface area contributed by atoms with Crippen LogP contribution in [0.5, 0.6) is 0 Å². The largest absolute Gasteiger partial charge is 0.353 e. The number of alkyl halides is 2. The number of halogens is 2. The number of rotatable bonds is 52. The van der Waals surface area contributed by atoms with Crippen molar-refractivity contribution in [3.8, 4) is 0 Å². The topological polar surface area (TPSA) is 27.7 Å². The first-order valence-corrected chi connectivity index (χ1v) is 34.0. The van der Waals surface area contributed by atoms with Crippen molar-refractivity contribution in [2.75, 3.05) is 23.9 Å². The van der Waals surface area contributed by atoms with Gasteiger partial charge in [-0.3, -0.25) is 0 Å². The zero-order valence-corrected chi connectivity index (χ0v) is 54.4. The second-order valence-electron chi connectivity index (χ2n) is 26.7. The van der Waals surface area contributed by atoms with Crippen molar-refractivity contribution in [1.29, 1.82) is 0 Å². The molecule has 0 fully saturated rings. The van der Waals surface area contributed by atoms with Gasteiger partial charge in [-0.25, -0.2) is 0 Å². The highest BCUT2D eigenvalue weighted by molar-refractivity contribution is 9.09. The van der Waals surface area contributed by atoms with E-state index in [-0.39, 0.29) is 12.6 Å². The Hall–Kier alpha value is 0.840. The molecule has 16 atom stereocenters. The number of unbranched alkanes of at least 4 members (excludes halogenated alkanes) is 6. The SMILES string of the molecule is CCCCCCOC(CCCC(C)CC(C)CC(C)CC(C)CC(C)CC(C)CC(C)CCCBr)OC(CCCC(C)CC(C)CC(C)CC(C)CC(C)CC(C)CC(C)CCCBr)OCCCCCC. The van der Waals surface area contributed by atoms with E-state index in [1.165, 1.54) is 154 Å². The van der Waals surface area contributed by atoms with Crippen LogP contribution in [-0.4, -0.2) is 36.5 Å². The maximum absolute atomic E-state index is 6.88. The molecule has 0 bridgehead atoms. The highest BCUT2D eigenvalue weighted by atomic mass is 79.9. The normalized spacial score (nSPS) is 19.2. The third-order valence-corrected chi connectivity index (χ3v) is 17.6. The zero-order chi connectivity index (χ0) is 53.4. The van der Waals surface area contributed by atoms with E-state index in [1.807, 2.05) is 0 Å². The van der Waals surface area contributed by atoms with Crippen LogP contribution in [0, 0.1) is 82.9 Å². The lowest BCUT2D eigenvalue weighted by Gasteiger charge is -2.27. The van der Waals surface area contributed by atoms with Crippen LogP contribution in [0.15, 0.2) is 0 Å². The summed E-state index contributed by atoms with van der Waals surface area (Å²) in [4.78, 5) is 0. The Bertz CT molecular complexity index is 1040. The molecule has 0 saturated heterocycles. The molecule has 0 aromatic heterocycles. The van der Waals surface area contributed by atoms with Crippen LogP contribution in [-0.2, 0) is 14.2 Å². The molecule has 0 amide bonds. The molecule has 0 saturated carbocycles. The average Bonchev–Trinajstić information content (AvgIpc) is 3.26. The van der Waals surface area contributed by atoms with Gasteiger partial charge in [0.05, 0.1) is 0 Å². The molecule has 0 heterocycles. The fourth-order valence-electron chi connectivity index (χ4n) is 13.8. The van der Waals surface area contributed by atoms with Crippen molar-refractivity contribution < 1.29 is 14.2 Å². The standard InChI is InChI=1S/C66H132Br2O3/c1-17-19-21-23-37-69-65(33-25-29-51(3)39-55(7)43-59(11)47-63(15)49-61(13)45-57(9)41-53(5)31-27-35-67)71-66(70-38-24-22-20-18-2)34-26-30-52(4)40-56(8)44-60(12)48-64(16)50-62(14)46-58(10)42-54(6)32-28-36-68/h51-66H,17-50H2,1-16H3. The first kappa shape index (κ1) is 71.8. The fourth-order valence-corrected chi connectivity index (χ4v) is 14.5. The van der Waals surface area contributed by atoms with Gasteiger partial charge in [0, 0.05) is 23.9 Å². The Kier molecular flexibility index (Phi) is 47.4. The van der Waals surface area contributed by atoms with Crippen LogP contribution in [0.25, 0.3) is 0 Å². The summed E-state index contributed by atoms with van der Waals surface area (Å²) in [5.74, 6) is 11.3. The minimum absolute atomic E-state index is 0.165. The van der Waals surface area contributed by atoms with Crippen molar-refractivity contribution >= 4 is 31.9 Å². The van der Waals surface area contributed by atoms with Crippen molar-refractivity contribution in [3.05, 3.63) is 0 Å². The molecule has 0 aromatic carbocycles. The molecule has 0 aliphatic carbocycles. The minimum atomic E-state index is -0.165. The lowest BCUT2D eigenvalue weighted by molar-refractivity contribution is -0.250. The molecule has 3 nitrogen and oxygen atoms in total. The molecule has 0 radical (unpaired) electrons. The molecule has 16 unspecified atom stereocenters. The monoisotopic (exact) mass is 1130 g/mol. The van der Waals surface area contributed by atoms with E-state index in [0.717, 1.165) is 145 Å². The summed E-state index contributed by atoms with van der Waals surface area (Å²) in [5, 5.41) is 2.29. The van der Waals surface area contributed by atoms with Gasteiger partial charge in [0.2, 0.25) is 0 Å².